The van der Waals surface area contributed by atoms with Gasteiger partial charge in [0.2, 0.25) is 5.43 Å². The highest BCUT2D eigenvalue weighted by molar-refractivity contribution is 5.99. The lowest BCUT2D eigenvalue weighted by atomic mass is 10.1. The number of aromatic nitrogens is 1. The summed E-state index contributed by atoms with van der Waals surface area (Å²) >= 11 is 0. The minimum Gasteiger partial charge on any atom is -0.502 e. The van der Waals surface area contributed by atoms with Gasteiger partial charge in [-0.25, -0.2) is 13.2 Å². The van der Waals surface area contributed by atoms with Crippen molar-refractivity contribution in [3.63, 3.8) is 0 Å². The van der Waals surface area contributed by atoms with Crippen LogP contribution in [0.25, 0.3) is 0 Å². The number of aromatic hydroxyl groups is 1. The van der Waals surface area contributed by atoms with Crippen molar-refractivity contribution in [2.24, 2.45) is 0 Å². The number of nitrogens with one attached hydrogen (secondary N) is 1. The van der Waals surface area contributed by atoms with E-state index in [0.29, 0.717) is 25.6 Å². The van der Waals surface area contributed by atoms with Crippen LogP contribution in [0.3, 0.4) is 0 Å². The quantitative estimate of drug-likeness (QED) is 0.694. The van der Waals surface area contributed by atoms with Crippen molar-refractivity contribution in [3.8, 4) is 5.75 Å². The number of piperidine rings is 1. The maximum absolute atomic E-state index is 13.9. The molecule has 0 spiro atoms. The molecule has 32 heavy (non-hydrogen) atoms. The van der Waals surface area contributed by atoms with Gasteiger partial charge in [-0.2, -0.15) is 0 Å². The molecule has 11 heteroatoms. The van der Waals surface area contributed by atoms with Crippen LogP contribution in [-0.4, -0.2) is 45.8 Å². The van der Waals surface area contributed by atoms with E-state index in [2.05, 4.69) is 5.32 Å². The molecule has 2 aliphatic heterocycles. The molecule has 2 aliphatic rings. The predicted molar refractivity (Wildman–Crippen MR) is 107 cm³/mol. The summed E-state index contributed by atoms with van der Waals surface area (Å²) in [5.41, 5.74) is -2.22. The van der Waals surface area contributed by atoms with Gasteiger partial charge >= 0.3 is 0 Å². The first-order chi connectivity index (χ1) is 15.2. The van der Waals surface area contributed by atoms with E-state index in [1.54, 1.807) is 16.8 Å². The second-order valence-electron chi connectivity index (χ2n) is 7.69. The highest BCUT2D eigenvalue weighted by Gasteiger charge is 2.40. The van der Waals surface area contributed by atoms with Crippen molar-refractivity contribution in [3.05, 3.63) is 62.8 Å². The van der Waals surface area contributed by atoms with Crippen molar-refractivity contribution >= 4 is 11.8 Å². The summed E-state index contributed by atoms with van der Waals surface area (Å²) in [4.78, 5) is 39.8. The van der Waals surface area contributed by atoms with Crippen molar-refractivity contribution in [2.45, 2.75) is 38.9 Å². The van der Waals surface area contributed by atoms with E-state index < -0.39 is 58.1 Å². The highest BCUT2D eigenvalue weighted by atomic mass is 19.2. The van der Waals surface area contributed by atoms with Crippen LogP contribution in [0.1, 0.15) is 52.6 Å². The van der Waals surface area contributed by atoms with Crippen LogP contribution in [0.5, 0.6) is 5.75 Å². The van der Waals surface area contributed by atoms with Crippen LogP contribution in [0.15, 0.2) is 23.1 Å². The molecule has 4 rings (SSSR count). The maximum atomic E-state index is 13.9. The smallest absolute Gasteiger partial charge is 0.278 e. The molecule has 3 heterocycles. The number of pyridine rings is 1. The number of halogens is 3. The van der Waals surface area contributed by atoms with Gasteiger partial charge in [-0.05, 0) is 32.3 Å². The van der Waals surface area contributed by atoms with Crippen molar-refractivity contribution < 1.29 is 27.9 Å². The van der Waals surface area contributed by atoms with E-state index >= 15 is 0 Å². The Balaban J connectivity index is 1.70. The van der Waals surface area contributed by atoms with Crippen LogP contribution in [-0.2, 0) is 6.54 Å². The van der Waals surface area contributed by atoms with Crippen molar-refractivity contribution in [2.75, 3.05) is 18.1 Å². The molecule has 0 unspecified atom stereocenters. The monoisotopic (exact) mass is 450 g/mol. The van der Waals surface area contributed by atoms with Gasteiger partial charge < -0.3 is 15.3 Å². The number of amides is 2. The molecule has 8 nitrogen and oxygen atoms in total. The molecule has 1 aromatic carbocycles. The van der Waals surface area contributed by atoms with E-state index in [1.165, 1.54) is 10.9 Å². The zero-order valence-corrected chi connectivity index (χ0v) is 17.2. The SMILES string of the molecule is CCN1C(=O)c2c(O)c(=O)c(C(=O)NCc3cc(F)cc(F)c3F)cn2N2CCCC[C@@H]12. The standard InChI is InChI=1S/C21H21F3N4O4/c1-2-26-15-5-3-4-6-27(15)28-10-13(18(29)19(30)17(28)21(26)32)20(31)25-9-11-7-12(22)8-14(23)16(11)24/h7-8,10,15,30H,2-6,9H2,1H3,(H,25,31)/t15-/m0/s1. The number of nitrogens with zero attached hydrogens (tertiary/aromatic N) is 3. The molecule has 0 radical (unpaired) electrons. The Morgan fingerprint density at radius 3 is 2.69 bits per heavy atom. The average molecular weight is 450 g/mol. The first-order valence-corrected chi connectivity index (χ1v) is 10.2. The van der Waals surface area contributed by atoms with Gasteiger partial charge in [0.25, 0.3) is 11.8 Å². The van der Waals surface area contributed by atoms with E-state index in [1.807, 2.05) is 0 Å². The Bertz CT molecular complexity index is 1170. The lowest BCUT2D eigenvalue weighted by molar-refractivity contribution is 0.0534. The Morgan fingerprint density at radius 2 is 1.97 bits per heavy atom. The number of benzene rings is 1. The first kappa shape index (κ1) is 21.7. The van der Waals surface area contributed by atoms with Crippen LogP contribution in [0.2, 0.25) is 0 Å². The summed E-state index contributed by atoms with van der Waals surface area (Å²) in [5.74, 6) is -6.12. The number of rotatable bonds is 4. The minimum atomic E-state index is -1.41. The number of fused-ring (bicyclic) bond motifs is 3. The molecule has 2 amide bonds. The van der Waals surface area contributed by atoms with Crippen LogP contribution >= 0.6 is 0 Å². The highest BCUT2D eigenvalue weighted by Crippen LogP contribution is 2.29. The minimum absolute atomic E-state index is 0.232. The van der Waals surface area contributed by atoms with Crippen molar-refractivity contribution in [1.29, 1.82) is 0 Å². The van der Waals surface area contributed by atoms with Gasteiger partial charge in [0.15, 0.2) is 23.1 Å². The van der Waals surface area contributed by atoms with Crippen LogP contribution in [0.4, 0.5) is 13.2 Å². The van der Waals surface area contributed by atoms with E-state index in [0.717, 1.165) is 18.9 Å². The molecule has 1 atom stereocenters. The molecule has 1 fully saturated rings. The van der Waals surface area contributed by atoms with Crippen LogP contribution in [0, 0.1) is 17.5 Å². The number of carbonyl (C=O) groups excluding carboxylic acids is 2. The van der Waals surface area contributed by atoms with Gasteiger partial charge in [-0.15, -0.1) is 0 Å². The Hall–Kier alpha value is -3.50. The molecule has 0 aliphatic carbocycles. The molecule has 2 aromatic rings. The van der Waals surface area contributed by atoms with Gasteiger partial charge in [0.05, 0.1) is 0 Å². The summed E-state index contributed by atoms with van der Waals surface area (Å²) in [5, 5.41) is 14.5. The fourth-order valence-electron chi connectivity index (χ4n) is 4.25. The number of carbonyl (C=O) groups is 2. The molecule has 0 saturated carbocycles. The average Bonchev–Trinajstić information content (AvgIpc) is 2.77. The van der Waals surface area contributed by atoms with E-state index in [9.17, 15) is 32.7 Å². The third kappa shape index (κ3) is 3.47. The van der Waals surface area contributed by atoms with Gasteiger partial charge in [-0.1, -0.05) is 0 Å². The van der Waals surface area contributed by atoms with Gasteiger partial charge in [0.1, 0.15) is 17.5 Å². The molecule has 2 N–H and O–H groups in total. The van der Waals surface area contributed by atoms with Crippen LogP contribution < -0.4 is 15.8 Å². The fraction of sp³-hybridized carbons (Fsp3) is 0.381. The fourth-order valence-corrected chi connectivity index (χ4v) is 4.25. The Morgan fingerprint density at radius 1 is 1.22 bits per heavy atom. The van der Waals surface area contributed by atoms with Gasteiger partial charge in [-0.3, -0.25) is 24.1 Å². The molecule has 1 saturated heterocycles. The molecule has 170 valence electrons. The summed E-state index contributed by atoms with van der Waals surface area (Å²) in [6.45, 7) is 2.13. The largest absolute Gasteiger partial charge is 0.502 e. The summed E-state index contributed by atoms with van der Waals surface area (Å²) in [6.07, 6.45) is 3.29. The first-order valence-electron chi connectivity index (χ1n) is 10.2. The summed E-state index contributed by atoms with van der Waals surface area (Å²) < 4.78 is 41.9. The third-order valence-corrected chi connectivity index (χ3v) is 5.80. The molecular formula is C21H21F3N4O4. The number of hydrogen-bond acceptors (Lipinski definition) is 5. The maximum Gasteiger partial charge on any atom is 0.278 e. The molecule has 1 aromatic heterocycles. The third-order valence-electron chi connectivity index (χ3n) is 5.80. The lowest BCUT2D eigenvalue weighted by Gasteiger charge is -2.48. The van der Waals surface area contributed by atoms with E-state index in [-0.39, 0.29) is 11.9 Å². The zero-order chi connectivity index (χ0) is 23.2. The van der Waals surface area contributed by atoms with E-state index in [4.69, 9.17) is 0 Å². The normalized spacial score (nSPS) is 17.8. The lowest BCUT2D eigenvalue weighted by Crippen LogP contribution is -2.63. The zero-order valence-electron chi connectivity index (χ0n) is 17.2. The molecular weight excluding hydrogens is 429 g/mol. The topological polar surface area (TPSA) is 94.9 Å². The second kappa shape index (κ2) is 8.21. The van der Waals surface area contributed by atoms with Crippen molar-refractivity contribution in [1.82, 2.24) is 14.9 Å². The number of hydrogen-bond donors (Lipinski definition) is 2. The second-order valence-corrected chi connectivity index (χ2v) is 7.69. The molecule has 0 bridgehead atoms. The Labute approximate surface area is 180 Å². The Kier molecular flexibility index (Phi) is 5.57. The summed E-state index contributed by atoms with van der Waals surface area (Å²) in [7, 11) is 0. The van der Waals surface area contributed by atoms with Gasteiger partial charge in [0, 0.05) is 37.5 Å². The predicted octanol–water partition coefficient (Wildman–Crippen LogP) is 1.82. The summed E-state index contributed by atoms with van der Waals surface area (Å²) in [6, 6.07) is 1.10.